The van der Waals surface area contributed by atoms with Crippen LogP contribution in [0.1, 0.15) is 10.4 Å². The molecule has 86 valence electrons. The van der Waals surface area contributed by atoms with Crippen LogP contribution in [0.3, 0.4) is 0 Å². The number of halogens is 1. The van der Waals surface area contributed by atoms with E-state index in [0.29, 0.717) is 24.2 Å². The van der Waals surface area contributed by atoms with Crippen molar-refractivity contribution in [2.75, 3.05) is 6.61 Å². The third-order valence-corrected chi connectivity index (χ3v) is 2.56. The van der Waals surface area contributed by atoms with Gasteiger partial charge in [-0.1, -0.05) is 24.3 Å². The molecule has 0 saturated heterocycles. The number of hydrogen-bond acceptors (Lipinski definition) is 3. The number of hydrogen-bond donors (Lipinski definition) is 0. The zero-order chi connectivity index (χ0) is 12.3. The standard InChI is InChI=1S/C13H10ClNO2/c1-2-5-17-11-3-4-12-9(7-11)6-10(8-16)13(14)15-12/h2-4,6-8H,1,5H2. The number of carbonyl (C=O) groups excluding carboxylic acids is 1. The topological polar surface area (TPSA) is 39.2 Å². The SMILES string of the molecule is C=CCOc1ccc2nc(Cl)c(C=O)cc2c1. The van der Waals surface area contributed by atoms with Crippen molar-refractivity contribution >= 4 is 28.8 Å². The fraction of sp³-hybridized carbons (Fsp3) is 0.0769. The molecule has 17 heavy (non-hydrogen) atoms. The van der Waals surface area contributed by atoms with Crippen LogP contribution in [0.4, 0.5) is 0 Å². The van der Waals surface area contributed by atoms with E-state index < -0.39 is 0 Å². The van der Waals surface area contributed by atoms with Gasteiger partial charge in [0.25, 0.3) is 0 Å². The molecule has 0 radical (unpaired) electrons. The third kappa shape index (κ3) is 2.45. The number of benzene rings is 1. The van der Waals surface area contributed by atoms with Crippen LogP contribution in [0, 0.1) is 0 Å². The molecule has 1 aromatic carbocycles. The highest BCUT2D eigenvalue weighted by molar-refractivity contribution is 6.32. The van der Waals surface area contributed by atoms with Gasteiger partial charge in [-0.2, -0.15) is 0 Å². The second kappa shape index (κ2) is 4.97. The number of aromatic nitrogens is 1. The fourth-order valence-electron chi connectivity index (χ4n) is 1.47. The fourth-order valence-corrected chi connectivity index (χ4v) is 1.67. The molecular weight excluding hydrogens is 238 g/mol. The second-order valence-electron chi connectivity index (χ2n) is 3.44. The molecule has 0 bridgehead atoms. The number of nitrogens with zero attached hydrogens (tertiary/aromatic N) is 1. The van der Waals surface area contributed by atoms with Crippen molar-refractivity contribution in [2.24, 2.45) is 0 Å². The van der Waals surface area contributed by atoms with Gasteiger partial charge >= 0.3 is 0 Å². The van der Waals surface area contributed by atoms with Crippen LogP contribution in [0.5, 0.6) is 5.75 Å². The van der Waals surface area contributed by atoms with E-state index in [1.807, 2.05) is 6.07 Å². The number of aldehydes is 1. The number of ether oxygens (including phenoxy) is 1. The van der Waals surface area contributed by atoms with Crippen molar-refractivity contribution in [3.05, 3.63) is 47.6 Å². The molecule has 0 fully saturated rings. The van der Waals surface area contributed by atoms with E-state index in [9.17, 15) is 4.79 Å². The Morgan fingerprint density at radius 2 is 2.24 bits per heavy atom. The van der Waals surface area contributed by atoms with Crippen molar-refractivity contribution < 1.29 is 9.53 Å². The van der Waals surface area contributed by atoms with Crippen molar-refractivity contribution in [1.29, 1.82) is 0 Å². The summed E-state index contributed by atoms with van der Waals surface area (Å²) in [5.41, 5.74) is 1.10. The molecule has 4 heteroatoms. The molecule has 0 N–H and O–H groups in total. The summed E-state index contributed by atoms with van der Waals surface area (Å²) in [4.78, 5) is 14.9. The van der Waals surface area contributed by atoms with Gasteiger partial charge in [0, 0.05) is 5.39 Å². The van der Waals surface area contributed by atoms with Crippen LogP contribution in [0.2, 0.25) is 5.15 Å². The van der Waals surface area contributed by atoms with Crippen molar-refractivity contribution in [3.8, 4) is 5.75 Å². The van der Waals surface area contributed by atoms with Gasteiger partial charge in [-0.15, -0.1) is 0 Å². The van der Waals surface area contributed by atoms with Gasteiger partial charge in [0.1, 0.15) is 17.5 Å². The number of fused-ring (bicyclic) bond motifs is 1. The first kappa shape index (κ1) is 11.6. The lowest BCUT2D eigenvalue weighted by molar-refractivity contribution is 0.112. The van der Waals surface area contributed by atoms with E-state index in [1.165, 1.54) is 0 Å². The molecule has 0 atom stereocenters. The Morgan fingerprint density at radius 3 is 2.94 bits per heavy atom. The van der Waals surface area contributed by atoms with Crippen LogP contribution in [-0.4, -0.2) is 17.9 Å². The van der Waals surface area contributed by atoms with E-state index in [2.05, 4.69) is 11.6 Å². The second-order valence-corrected chi connectivity index (χ2v) is 3.80. The van der Waals surface area contributed by atoms with Crippen LogP contribution in [0.25, 0.3) is 10.9 Å². The van der Waals surface area contributed by atoms with Gasteiger partial charge in [0.05, 0.1) is 11.1 Å². The maximum absolute atomic E-state index is 10.8. The highest BCUT2D eigenvalue weighted by Crippen LogP contribution is 2.23. The molecular formula is C13H10ClNO2. The van der Waals surface area contributed by atoms with Gasteiger partial charge in [0.15, 0.2) is 6.29 Å². The first-order valence-electron chi connectivity index (χ1n) is 5.04. The van der Waals surface area contributed by atoms with Gasteiger partial charge < -0.3 is 4.74 Å². The molecule has 0 aliphatic rings. The summed E-state index contributed by atoms with van der Waals surface area (Å²) >= 11 is 5.84. The molecule has 3 nitrogen and oxygen atoms in total. The monoisotopic (exact) mass is 247 g/mol. The minimum absolute atomic E-state index is 0.215. The van der Waals surface area contributed by atoms with Gasteiger partial charge in [-0.25, -0.2) is 4.98 Å². The summed E-state index contributed by atoms with van der Waals surface area (Å²) in [6, 6.07) is 7.11. The smallest absolute Gasteiger partial charge is 0.153 e. The van der Waals surface area contributed by atoms with E-state index in [1.54, 1.807) is 24.3 Å². The zero-order valence-corrected chi connectivity index (χ0v) is 9.78. The molecule has 0 aliphatic heterocycles. The lowest BCUT2D eigenvalue weighted by atomic mass is 10.1. The summed E-state index contributed by atoms with van der Waals surface area (Å²) in [5.74, 6) is 0.707. The maximum atomic E-state index is 10.8. The van der Waals surface area contributed by atoms with Gasteiger partial charge in [-0.05, 0) is 24.3 Å². The normalized spacial score (nSPS) is 10.2. The van der Waals surface area contributed by atoms with Gasteiger partial charge in [-0.3, -0.25) is 4.79 Å². The Bertz CT molecular complexity index is 581. The molecule has 0 spiro atoms. The molecule has 0 amide bonds. The Balaban J connectivity index is 2.48. The minimum Gasteiger partial charge on any atom is -0.490 e. The van der Waals surface area contributed by atoms with Crippen molar-refractivity contribution in [1.82, 2.24) is 4.98 Å². The summed E-state index contributed by atoms with van der Waals surface area (Å²) in [7, 11) is 0. The summed E-state index contributed by atoms with van der Waals surface area (Å²) < 4.78 is 5.40. The van der Waals surface area contributed by atoms with Crippen LogP contribution in [0.15, 0.2) is 36.9 Å². The predicted octanol–water partition coefficient (Wildman–Crippen LogP) is 3.27. The number of rotatable bonds is 4. The Hall–Kier alpha value is -1.87. The third-order valence-electron chi connectivity index (χ3n) is 2.26. The highest BCUT2D eigenvalue weighted by atomic mass is 35.5. The predicted molar refractivity (Wildman–Crippen MR) is 67.8 cm³/mol. The van der Waals surface area contributed by atoms with E-state index in [4.69, 9.17) is 16.3 Å². The summed E-state index contributed by atoms with van der Waals surface area (Å²) in [6.45, 7) is 4.01. The van der Waals surface area contributed by atoms with Crippen LogP contribution in [-0.2, 0) is 0 Å². The molecule has 0 unspecified atom stereocenters. The molecule has 1 heterocycles. The van der Waals surface area contributed by atoms with Gasteiger partial charge in [0.2, 0.25) is 0 Å². The average Bonchev–Trinajstić information content (AvgIpc) is 2.35. The average molecular weight is 248 g/mol. The largest absolute Gasteiger partial charge is 0.490 e. The van der Waals surface area contributed by atoms with E-state index >= 15 is 0 Å². The Kier molecular flexibility index (Phi) is 3.40. The lowest BCUT2D eigenvalue weighted by Crippen LogP contribution is -1.93. The highest BCUT2D eigenvalue weighted by Gasteiger charge is 2.05. The van der Waals surface area contributed by atoms with E-state index in [0.717, 1.165) is 10.9 Å². The van der Waals surface area contributed by atoms with Crippen LogP contribution < -0.4 is 4.74 Å². The molecule has 1 aromatic heterocycles. The number of pyridine rings is 1. The molecule has 2 aromatic rings. The summed E-state index contributed by atoms with van der Waals surface area (Å²) in [5, 5.41) is 1.03. The minimum atomic E-state index is 0.215. The molecule has 0 saturated carbocycles. The molecule has 2 rings (SSSR count). The first-order valence-corrected chi connectivity index (χ1v) is 5.41. The first-order chi connectivity index (χ1) is 8.24. The van der Waals surface area contributed by atoms with Crippen molar-refractivity contribution in [2.45, 2.75) is 0 Å². The Morgan fingerprint density at radius 1 is 1.41 bits per heavy atom. The lowest BCUT2D eigenvalue weighted by Gasteiger charge is -2.05. The number of carbonyl (C=O) groups is 1. The molecule has 0 aliphatic carbocycles. The van der Waals surface area contributed by atoms with Crippen molar-refractivity contribution in [3.63, 3.8) is 0 Å². The maximum Gasteiger partial charge on any atom is 0.153 e. The zero-order valence-electron chi connectivity index (χ0n) is 9.02. The summed E-state index contributed by atoms with van der Waals surface area (Å²) in [6.07, 6.45) is 2.35. The van der Waals surface area contributed by atoms with E-state index in [-0.39, 0.29) is 5.15 Å². The quantitative estimate of drug-likeness (QED) is 0.473. The Labute approximate surface area is 104 Å². The van der Waals surface area contributed by atoms with Crippen LogP contribution >= 0.6 is 11.6 Å².